The van der Waals surface area contributed by atoms with Crippen LogP contribution in [0.2, 0.25) is 0 Å². The first-order valence-electron chi connectivity index (χ1n) is 8.63. The molecular formula is C17H27NO3. The number of fused-ring (bicyclic) bond motifs is 1. The Bertz CT molecular complexity index is 422. The number of piperidine rings is 1. The molecule has 0 aromatic heterocycles. The summed E-state index contributed by atoms with van der Waals surface area (Å²) >= 11 is 0. The molecule has 21 heavy (non-hydrogen) atoms. The van der Waals surface area contributed by atoms with Gasteiger partial charge in [-0.3, -0.25) is 9.59 Å². The number of aliphatic carboxylic acids is 1. The van der Waals surface area contributed by atoms with Crippen LogP contribution in [0.4, 0.5) is 0 Å². The van der Waals surface area contributed by atoms with Crippen molar-refractivity contribution in [1.82, 2.24) is 4.90 Å². The summed E-state index contributed by atoms with van der Waals surface area (Å²) in [5.74, 6) is -0.00294. The Morgan fingerprint density at radius 1 is 0.952 bits per heavy atom. The van der Waals surface area contributed by atoms with Crippen LogP contribution in [0.5, 0.6) is 0 Å². The Balaban J connectivity index is 1.75. The van der Waals surface area contributed by atoms with Crippen molar-refractivity contribution in [1.29, 1.82) is 0 Å². The average Bonchev–Trinajstić information content (AvgIpc) is 2.97. The predicted molar refractivity (Wildman–Crippen MR) is 79.7 cm³/mol. The largest absolute Gasteiger partial charge is 0.481 e. The predicted octanol–water partition coefficient (Wildman–Crippen LogP) is 2.91. The highest BCUT2D eigenvalue weighted by Crippen LogP contribution is 2.41. The highest BCUT2D eigenvalue weighted by molar-refractivity contribution is 5.85. The summed E-state index contributed by atoms with van der Waals surface area (Å²) in [7, 11) is 0. The van der Waals surface area contributed by atoms with Crippen LogP contribution < -0.4 is 0 Å². The molecule has 5 unspecified atom stereocenters. The first-order chi connectivity index (χ1) is 10.1. The Morgan fingerprint density at radius 3 is 2.43 bits per heavy atom. The summed E-state index contributed by atoms with van der Waals surface area (Å²) in [6, 6.07) is 0.380. The minimum atomic E-state index is -0.781. The number of hydrogen-bond acceptors (Lipinski definition) is 2. The van der Waals surface area contributed by atoms with Gasteiger partial charge in [-0.05, 0) is 43.9 Å². The van der Waals surface area contributed by atoms with Gasteiger partial charge in [-0.25, -0.2) is 0 Å². The van der Waals surface area contributed by atoms with Gasteiger partial charge in [-0.15, -0.1) is 0 Å². The fraction of sp³-hybridized carbons (Fsp3) is 0.882. The van der Waals surface area contributed by atoms with E-state index in [4.69, 9.17) is 0 Å². The quantitative estimate of drug-likeness (QED) is 0.851. The number of carboxylic acid groups (broad SMARTS) is 1. The van der Waals surface area contributed by atoms with Gasteiger partial charge in [0.2, 0.25) is 5.91 Å². The molecule has 0 aromatic carbocycles. The third-order valence-electron chi connectivity index (χ3n) is 6.17. The number of hydrogen-bond donors (Lipinski definition) is 1. The van der Waals surface area contributed by atoms with Gasteiger partial charge in [0.15, 0.2) is 0 Å². The summed E-state index contributed by atoms with van der Waals surface area (Å²) in [4.78, 5) is 26.4. The number of nitrogens with zero attached hydrogens (tertiary/aromatic N) is 1. The molecule has 3 fully saturated rings. The number of rotatable bonds is 2. The fourth-order valence-corrected chi connectivity index (χ4v) is 4.95. The van der Waals surface area contributed by atoms with Crippen molar-refractivity contribution in [2.75, 3.05) is 6.54 Å². The zero-order chi connectivity index (χ0) is 15.0. The maximum absolute atomic E-state index is 12.9. The Labute approximate surface area is 126 Å². The van der Waals surface area contributed by atoms with Crippen LogP contribution in [0.1, 0.15) is 58.3 Å². The van der Waals surface area contributed by atoms with E-state index >= 15 is 0 Å². The summed E-state index contributed by atoms with van der Waals surface area (Å²) < 4.78 is 0. The third kappa shape index (κ3) is 2.69. The van der Waals surface area contributed by atoms with E-state index in [0.717, 1.165) is 32.2 Å². The molecule has 2 aliphatic carbocycles. The minimum absolute atomic E-state index is 0.142. The summed E-state index contributed by atoms with van der Waals surface area (Å²) in [5.41, 5.74) is 0. The first-order valence-corrected chi connectivity index (χ1v) is 8.63. The highest BCUT2D eigenvalue weighted by atomic mass is 16.4. The van der Waals surface area contributed by atoms with Crippen LogP contribution in [0.25, 0.3) is 0 Å². The second-order valence-corrected chi connectivity index (χ2v) is 7.30. The molecule has 3 rings (SSSR count). The molecule has 0 aromatic rings. The monoisotopic (exact) mass is 293 g/mol. The van der Waals surface area contributed by atoms with Crippen molar-refractivity contribution < 1.29 is 14.7 Å². The number of amides is 1. The van der Waals surface area contributed by atoms with Crippen LogP contribution in [-0.2, 0) is 9.59 Å². The lowest BCUT2D eigenvalue weighted by atomic mass is 9.72. The van der Waals surface area contributed by atoms with Crippen molar-refractivity contribution >= 4 is 11.9 Å². The zero-order valence-electron chi connectivity index (χ0n) is 13.0. The van der Waals surface area contributed by atoms with Crippen molar-refractivity contribution in [3.8, 4) is 0 Å². The Hall–Kier alpha value is -1.06. The van der Waals surface area contributed by atoms with Crippen molar-refractivity contribution in [3.63, 3.8) is 0 Å². The molecule has 118 valence electrons. The average molecular weight is 293 g/mol. The smallest absolute Gasteiger partial charge is 0.307 e. The van der Waals surface area contributed by atoms with Gasteiger partial charge >= 0.3 is 5.97 Å². The van der Waals surface area contributed by atoms with Crippen LogP contribution in [0.15, 0.2) is 0 Å². The van der Waals surface area contributed by atoms with Gasteiger partial charge in [0.1, 0.15) is 0 Å². The van der Waals surface area contributed by atoms with E-state index in [1.165, 1.54) is 19.3 Å². The number of carboxylic acids is 1. The topological polar surface area (TPSA) is 57.6 Å². The molecule has 0 bridgehead atoms. The van der Waals surface area contributed by atoms with Gasteiger partial charge in [-0.2, -0.15) is 0 Å². The number of likely N-dealkylation sites (tertiary alicyclic amines) is 1. The minimum Gasteiger partial charge on any atom is -0.481 e. The molecule has 5 atom stereocenters. The van der Waals surface area contributed by atoms with E-state index in [1.54, 1.807) is 0 Å². The van der Waals surface area contributed by atoms with E-state index in [9.17, 15) is 14.7 Å². The molecule has 1 heterocycles. The highest BCUT2D eigenvalue weighted by Gasteiger charge is 2.45. The van der Waals surface area contributed by atoms with Crippen LogP contribution in [-0.4, -0.2) is 34.5 Å². The second kappa shape index (κ2) is 5.98. The fourth-order valence-electron chi connectivity index (χ4n) is 4.95. The van der Waals surface area contributed by atoms with Gasteiger partial charge in [0.25, 0.3) is 0 Å². The van der Waals surface area contributed by atoms with E-state index in [0.29, 0.717) is 24.3 Å². The van der Waals surface area contributed by atoms with Crippen LogP contribution in [0.3, 0.4) is 0 Å². The molecule has 0 spiro atoms. The Morgan fingerprint density at radius 2 is 1.67 bits per heavy atom. The zero-order valence-corrected chi connectivity index (χ0v) is 13.0. The second-order valence-electron chi connectivity index (χ2n) is 7.30. The van der Waals surface area contributed by atoms with Gasteiger partial charge in [0.05, 0.1) is 11.8 Å². The molecule has 4 nitrogen and oxygen atoms in total. The first kappa shape index (κ1) is 14.9. The van der Waals surface area contributed by atoms with Crippen molar-refractivity contribution in [2.24, 2.45) is 23.7 Å². The van der Waals surface area contributed by atoms with E-state index < -0.39 is 11.9 Å². The van der Waals surface area contributed by atoms with Crippen LogP contribution in [0, 0.1) is 23.7 Å². The lowest BCUT2D eigenvalue weighted by molar-refractivity contribution is -0.152. The van der Waals surface area contributed by atoms with Gasteiger partial charge < -0.3 is 10.0 Å². The summed E-state index contributed by atoms with van der Waals surface area (Å²) in [6.07, 6.45) is 8.25. The molecule has 4 heteroatoms. The summed E-state index contributed by atoms with van der Waals surface area (Å²) in [6.45, 7) is 3.16. The van der Waals surface area contributed by atoms with Gasteiger partial charge in [0, 0.05) is 12.6 Å². The lowest BCUT2D eigenvalue weighted by Gasteiger charge is -2.48. The normalized spacial score (nSPS) is 39.9. The third-order valence-corrected chi connectivity index (χ3v) is 6.17. The SMILES string of the molecule is CC1CCN(C(=O)C2CCCC2C(=O)O)C2CCCCC12. The van der Waals surface area contributed by atoms with Crippen molar-refractivity contribution in [3.05, 3.63) is 0 Å². The standard InChI is InChI=1S/C17H27NO3/c1-11-9-10-18(15-8-3-2-5-12(11)15)16(19)13-6-4-7-14(13)17(20)21/h11-15H,2-10H2,1H3,(H,20,21). The molecule has 2 saturated carbocycles. The molecule has 1 amide bonds. The summed E-state index contributed by atoms with van der Waals surface area (Å²) in [5, 5.41) is 9.33. The van der Waals surface area contributed by atoms with Crippen molar-refractivity contribution in [2.45, 2.75) is 64.3 Å². The molecule has 1 aliphatic heterocycles. The maximum atomic E-state index is 12.9. The van der Waals surface area contributed by atoms with E-state index in [-0.39, 0.29) is 11.8 Å². The molecular weight excluding hydrogens is 266 g/mol. The number of carbonyl (C=O) groups excluding carboxylic acids is 1. The van der Waals surface area contributed by atoms with Gasteiger partial charge in [-0.1, -0.05) is 26.2 Å². The number of carbonyl (C=O) groups is 2. The van der Waals surface area contributed by atoms with E-state index in [1.807, 2.05) is 0 Å². The lowest BCUT2D eigenvalue weighted by Crippen LogP contribution is -2.54. The maximum Gasteiger partial charge on any atom is 0.307 e. The molecule has 1 N–H and O–H groups in total. The Kier molecular flexibility index (Phi) is 4.23. The van der Waals surface area contributed by atoms with Crippen LogP contribution >= 0.6 is 0 Å². The molecule has 1 saturated heterocycles. The van der Waals surface area contributed by atoms with E-state index in [2.05, 4.69) is 11.8 Å². The molecule has 3 aliphatic rings. The molecule has 0 radical (unpaired) electrons.